The maximum atomic E-state index is 13.2. The van der Waals surface area contributed by atoms with Crippen molar-refractivity contribution in [2.75, 3.05) is 0 Å². The van der Waals surface area contributed by atoms with Crippen LogP contribution in [0, 0.1) is 0 Å². The van der Waals surface area contributed by atoms with Crippen LogP contribution in [0.2, 0.25) is 5.02 Å². The Balaban J connectivity index is 1.63. The summed E-state index contributed by atoms with van der Waals surface area (Å²) in [4.78, 5) is 14.5. The van der Waals surface area contributed by atoms with E-state index in [1.807, 2.05) is 33.0 Å². The Morgan fingerprint density at radius 2 is 2.00 bits per heavy atom. The second kappa shape index (κ2) is 7.67. The molecule has 0 N–H and O–H groups in total. The fourth-order valence-electron chi connectivity index (χ4n) is 3.62. The van der Waals surface area contributed by atoms with Crippen LogP contribution < -0.4 is 0 Å². The number of hydrogen-bond donors (Lipinski definition) is 0. The summed E-state index contributed by atoms with van der Waals surface area (Å²) in [5, 5.41) is 12.3. The molecule has 11 heteroatoms. The molecule has 0 saturated heterocycles. The smallest absolute Gasteiger partial charge is 0.329 e. The van der Waals surface area contributed by atoms with Gasteiger partial charge in [0, 0.05) is 30.8 Å². The van der Waals surface area contributed by atoms with E-state index in [0.29, 0.717) is 17.9 Å². The first-order chi connectivity index (χ1) is 14.6. The molecule has 1 aliphatic heterocycles. The molecule has 7 nitrogen and oxygen atoms in total. The minimum atomic E-state index is -4.64. The third-order valence-electron chi connectivity index (χ3n) is 5.32. The van der Waals surface area contributed by atoms with Gasteiger partial charge in [0.15, 0.2) is 5.82 Å². The highest BCUT2D eigenvalue weighted by atomic mass is 35.5. The first-order valence-electron chi connectivity index (χ1n) is 9.73. The third-order valence-corrected chi connectivity index (χ3v) is 5.73. The van der Waals surface area contributed by atoms with Crippen LogP contribution in [-0.2, 0) is 19.1 Å². The summed E-state index contributed by atoms with van der Waals surface area (Å²) in [6.07, 6.45) is -2.36. The Kier molecular flexibility index (Phi) is 5.28. The number of rotatable bonds is 3. The van der Waals surface area contributed by atoms with Gasteiger partial charge >= 0.3 is 6.18 Å². The van der Waals surface area contributed by atoms with Crippen molar-refractivity contribution in [2.45, 2.75) is 52.0 Å². The number of halogens is 4. The van der Waals surface area contributed by atoms with E-state index in [9.17, 15) is 18.0 Å². The van der Waals surface area contributed by atoms with E-state index in [2.05, 4.69) is 15.4 Å². The van der Waals surface area contributed by atoms with Crippen LogP contribution in [0.25, 0.3) is 5.82 Å². The molecule has 0 fully saturated rings. The van der Waals surface area contributed by atoms with Crippen LogP contribution in [0.15, 0.2) is 30.5 Å². The fraction of sp³-hybridized carbons (Fsp3) is 0.400. The minimum absolute atomic E-state index is 0.118. The Labute approximate surface area is 181 Å². The van der Waals surface area contributed by atoms with Crippen molar-refractivity contribution in [3.8, 4) is 5.82 Å². The van der Waals surface area contributed by atoms with Crippen LogP contribution >= 0.6 is 11.6 Å². The van der Waals surface area contributed by atoms with Gasteiger partial charge in [0.05, 0.1) is 28.4 Å². The molecule has 0 radical (unpaired) electrons. The number of carbonyl (C=O) groups excluding carboxylic acids is 1. The lowest BCUT2D eigenvalue weighted by atomic mass is 10.0. The number of fused-ring (bicyclic) bond motifs is 1. The second-order valence-electron chi connectivity index (χ2n) is 7.79. The van der Waals surface area contributed by atoms with Crippen LogP contribution in [0.4, 0.5) is 13.2 Å². The molecular formula is C20H20ClF3N6O. The zero-order valence-corrected chi connectivity index (χ0v) is 17.8. The lowest BCUT2D eigenvalue weighted by Crippen LogP contribution is -2.43. The molecule has 0 saturated carbocycles. The molecule has 31 heavy (non-hydrogen) atoms. The molecule has 1 aliphatic rings. The Morgan fingerprint density at radius 1 is 1.26 bits per heavy atom. The Morgan fingerprint density at radius 3 is 2.65 bits per heavy atom. The zero-order chi connectivity index (χ0) is 22.5. The first kappa shape index (κ1) is 21.4. The molecule has 1 aromatic carbocycles. The van der Waals surface area contributed by atoms with E-state index < -0.39 is 22.7 Å². The highest BCUT2D eigenvalue weighted by Crippen LogP contribution is 2.37. The molecule has 0 spiro atoms. The summed E-state index contributed by atoms with van der Waals surface area (Å²) < 4.78 is 43.0. The summed E-state index contributed by atoms with van der Waals surface area (Å²) in [6, 6.07) is 5.08. The van der Waals surface area contributed by atoms with E-state index in [4.69, 9.17) is 11.6 Å². The van der Waals surface area contributed by atoms with Crippen molar-refractivity contribution in [2.24, 2.45) is 0 Å². The van der Waals surface area contributed by atoms with Gasteiger partial charge in [-0.25, -0.2) is 0 Å². The lowest BCUT2D eigenvalue weighted by molar-refractivity contribution is -0.137. The first-order valence-corrected chi connectivity index (χ1v) is 10.1. The van der Waals surface area contributed by atoms with Crippen molar-refractivity contribution < 1.29 is 18.0 Å². The molecule has 1 atom stereocenters. The monoisotopic (exact) mass is 452 g/mol. The van der Waals surface area contributed by atoms with E-state index in [-0.39, 0.29) is 24.2 Å². The van der Waals surface area contributed by atoms with Gasteiger partial charge in [0.2, 0.25) is 0 Å². The van der Waals surface area contributed by atoms with Gasteiger partial charge in [-0.15, -0.1) is 5.10 Å². The van der Waals surface area contributed by atoms with Gasteiger partial charge in [-0.05, 0) is 32.9 Å². The normalized spacial score (nSPS) is 16.6. The molecule has 0 aliphatic carbocycles. The summed E-state index contributed by atoms with van der Waals surface area (Å²) >= 11 is 5.96. The van der Waals surface area contributed by atoms with E-state index in [0.717, 1.165) is 11.8 Å². The number of alkyl halides is 3. The van der Waals surface area contributed by atoms with E-state index in [1.165, 1.54) is 17.0 Å². The number of aromatic nitrogens is 5. The lowest BCUT2D eigenvalue weighted by Gasteiger charge is -2.33. The predicted octanol–water partition coefficient (Wildman–Crippen LogP) is 4.30. The molecule has 3 heterocycles. The van der Waals surface area contributed by atoms with Crippen LogP contribution in [0.5, 0.6) is 0 Å². The van der Waals surface area contributed by atoms with Crippen LogP contribution in [0.1, 0.15) is 54.1 Å². The molecule has 1 unspecified atom stereocenters. The topological polar surface area (TPSA) is 68.8 Å². The molecule has 3 aromatic rings. The molecule has 1 amide bonds. The second-order valence-corrected chi connectivity index (χ2v) is 8.17. The standard InChI is InChI=1S/C20H20ClF3N6O/c1-11(2)29-8-7-17(26-29)30-16-9-12(3)28(10-15(16)25-27-30)19(31)13-5-4-6-14(18(13)21)20(22,23)24/h4-8,11-12H,9-10H2,1-3H3. The van der Waals surface area contributed by atoms with Crippen LogP contribution in [-0.4, -0.2) is 41.6 Å². The van der Waals surface area contributed by atoms with Gasteiger partial charge in [-0.3, -0.25) is 9.48 Å². The van der Waals surface area contributed by atoms with Gasteiger partial charge in [-0.2, -0.15) is 23.0 Å². The van der Waals surface area contributed by atoms with Gasteiger partial charge in [0.25, 0.3) is 5.91 Å². The Bertz CT molecular complexity index is 1140. The number of carbonyl (C=O) groups is 1. The fourth-order valence-corrected chi connectivity index (χ4v) is 3.94. The third kappa shape index (κ3) is 3.80. The highest BCUT2D eigenvalue weighted by Gasteiger charge is 2.37. The van der Waals surface area contributed by atoms with Crippen LogP contribution in [0.3, 0.4) is 0 Å². The molecule has 0 bridgehead atoms. The average molecular weight is 453 g/mol. The predicted molar refractivity (Wildman–Crippen MR) is 107 cm³/mol. The summed E-state index contributed by atoms with van der Waals surface area (Å²) in [5.74, 6) is 0.0447. The van der Waals surface area contributed by atoms with Crippen molar-refractivity contribution in [1.82, 2.24) is 29.7 Å². The summed E-state index contributed by atoms with van der Waals surface area (Å²) in [5.41, 5.74) is 0.182. The molecule has 4 rings (SSSR count). The van der Waals surface area contributed by atoms with Crippen molar-refractivity contribution >= 4 is 17.5 Å². The maximum absolute atomic E-state index is 13.2. The number of amides is 1. The maximum Gasteiger partial charge on any atom is 0.417 e. The van der Waals surface area contributed by atoms with E-state index >= 15 is 0 Å². The summed E-state index contributed by atoms with van der Waals surface area (Å²) in [6.45, 7) is 5.97. The number of hydrogen-bond acceptors (Lipinski definition) is 4. The van der Waals surface area contributed by atoms with E-state index in [1.54, 1.807) is 9.36 Å². The SMILES string of the molecule is CC1Cc2c(nnn2-c2ccn(C(C)C)n2)CN1C(=O)c1cccc(C(F)(F)F)c1Cl. The zero-order valence-electron chi connectivity index (χ0n) is 17.1. The van der Waals surface area contributed by atoms with Crippen molar-refractivity contribution in [3.05, 3.63) is 58.0 Å². The van der Waals surface area contributed by atoms with Crippen molar-refractivity contribution in [3.63, 3.8) is 0 Å². The number of benzene rings is 1. The van der Waals surface area contributed by atoms with Crippen molar-refractivity contribution in [1.29, 1.82) is 0 Å². The Hall–Kier alpha value is -2.88. The van der Waals surface area contributed by atoms with Gasteiger partial charge < -0.3 is 4.90 Å². The number of nitrogens with zero attached hydrogens (tertiary/aromatic N) is 6. The van der Waals surface area contributed by atoms with Gasteiger partial charge in [0.1, 0.15) is 5.69 Å². The minimum Gasteiger partial charge on any atom is -0.329 e. The summed E-state index contributed by atoms with van der Waals surface area (Å²) in [7, 11) is 0. The van der Waals surface area contributed by atoms with Gasteiger partial charge in [-0.1, -0.05) is 22.9 Å². The molecule has 2 aromatic heterocycles. The largest absolute Gasteiger partial charge is 0.417 e. The highest BCUT2D eigenvalue weighted by molar-refractivity contribution is 6.34. The quantitative estimate of drug-likeness (QED) is 0.594. The molecule has 164 valence electrons. The molecular weight excluding hydrogens is 433 g/mol. The average Bonchev–Trinajstić information content (AvgIpc) is 3.32.